The first-order valence-corrected chi connectivity index (χ1v) is 10.4. The highest BCUT2D eigenvalue weighted by molar-refractivity contribution is 9.10. The molecular weight excluding hydrogens is 392 g/mol. The summed E-state index contributed by atoms with van der Waals surface area (Å²) in [4.78, 5) is 19.0. The number of rotatable bonds is 4. The molecule has 0 aromatic heterocycles. The normalized spacial score (nSPS) is 21.3. The second kappa shape index (κ2) is 8.89. The lowest BCUT2D eigenvalue weighted by molar-refractivity contribution is -0.134. The number of aryl methyl sites for hydroxylation is 1. The van der Waals surface area contributed by atoms with E-state index in [-0.39, 0.29) is 12.0 Å². The van der Waals surface area contributed by atoms with Crippen LogP contribution in [0.25, 0.3) is 0 Å². The zero-order chi connectivity index (χ0) is 18.5. The maximum atomic E-state index is 12.6. The smallest absolute Gasteiger partial charge is 0.225 e. The van der Waals surface area contributed by atoms with Crippen LogP contribution in [-0.4, -0.2) is 42.9 Å². The van der Waals surface area contributed by atoms with E-state index in [1.807, 2.05) is 4.90 Å². The van der Waals surface area contributed by atoms with Crippen molar-refractivity contribution in [2.24, 2.45) is 10.9 Å². The van der Waals surface area contributed by atoms with E-state index in [4.69, 9.17) is 0 Å². The van der Waals surface area contributed by atoms with Crippen LogP contribution >= 0.6 is 15.9 Å². The second-order valence-electron chi connectivity index (χ2n) is 7.39. The molecule has 142 valence electrons. The van der Waals surface area contributed by atoms with Crippen molar-refractivity contribution in [1.29, 1.82) is 0 Å². The molecule has 1 aliphatic carbocycles. The topological polar surface area (TPSA) is 56.7 Å². The van der Waals surface area contributed by atoms with E-state index >= 15 is 0 Å². The van der Waals surface area contributed by atoms with Crippen molar-refractivity contribution in [2.45, 2.75) is 51.6 Å². The largest absolute Gasteiger partial charge is 0.352 e. The van der Waals surface area contributed by atoms with Gasteiger partial charge in [-0.25, -0.2) is 0 Å². The van der Waals surface area contributed by atoms with Crippen molar-refractivity contribution >= 4 is 27.8 Å². The van der Waals surface area contributed by atoms with Gasteiger partial charge < -0.3 is 15.5 Å². The van der Waals surface area contributed by atoms with Gasteiger partial charge in [-0.15, -0.1) is 0 Å². The molecule has 2 N–H and O–H groups in total. The third kappa shape index (κ3) is 4.78. The maximum absolute atomic E-state index is 12.6. The van der Waals surface area contributed by atoms with Gasteiger partial charge in [-0.1, -0.05) is 34.8 Å². The van der Waals surface area contributed by atoms with Gasteiger partial charge in [-0.3, -0.25) is 9.79 Å². The lowest BCUT2D eigenvalue weighted by Gasteiger charge is -2.21. The molecule has 1 heterocycles. The summed E-state index contributed by atoms with van der Waals surface area (Å²) in [6, 6.07) is 6.58. The number of carbonyl (C=O) groups excluding carboxylic acids is 1. The van der Waals surface area contributed by atoms with Gasteiger partial charge in [0.2, 0.25) is 5.91 Å². The summed E-state index contributed by atoms with van der Waals surface area (Å²) >= 11 is 3.50. The molecule has 2 fully saturated rings. The van der Waals surface area contributed by atoms with Crippen molar-refractivity contribution in [3.05, 3.63) is 33.8 Å². The van der Waals surface area contributed by atoms with E-state index in [0.717, 1.165) is 49.3 Å². The summed E-state index contributed by atoms with van der Waals surface area (Å²) in [6.45, 7) is 4.49. The third-order valence-electron chi connectivity index (χ3n) is 5.52. The van der Waals surface area contributed by atoms with Gasteiger partial charge in [0.05, 0.1) is 0 Å². The van der Waals surface area contributed by atoms with Crippen molar-refractivity contribution in [2.75, 3.05) is 20.1 Å². The van der Waals surface area contributed by atoms with Crippen LogP contribution in [0.4, 0.5) is 0 Å². The molecular formula is C20H29BrN4O. The van der Waals surface area contributed by atoms with Crippen LogP contribution in [0.3, 0.4) is 0 Å². The van der Waals surface area contributed by atoms with Gasteiger partial charge in [0.25, 0.3) is 0 Å². The highest BCUT2D eigenvalue weighted by atomic mass is 79.9. The zero-order valence-corrected chi connectivity index (χ0v) is 17.3. The Kier molecular flexibility index (Phi) is 6.57. The standard InChI is InChI=1S/C20H29BrN4O/c1-14-11-17(21)8-7-16(14)12-23-20(22-2)24-18-9-10-25(13-18)19(26)15-5-3-4-6-15/h7-8,11,15,18H,3-6,9-10,12-13H2,1-2H3,(H2,22,23,24). The molecule has 5 nitrogen and oxygen atoms in total. The van der Waals surface area contributed by atoms with Crippen LogP contribution < -0.4 is 10.6 Å². The van der Waals surface area contributed by atoms with E-state index in [9.17, 15) is 4.79 Å². The van der Waals surface area contributed by atoms with Gasteiger partial charge in [0, 0.05) is 43.1 Å². The van der Waals surface area contributed by atoms with Crippen LogP contribution in [0.5, 0.6) is 0 Å². The molecule has 1 atom stereocenters. The van der Waals surface area contributed by atoms with E-state index in [2.05, 4.69) is 56.7 Å². The Morgan fingerprint density at radius 3 is 2.77 bits per heavy atom. The fourth-order valence-electron chi connectivity index (χ4n) is 3.93. The fraction of sp³-hybridized carbons (Fsp3) is 0.600. The number of hydrogen-bond acceptors (Lipinski definition) is 2. The summed E-state index contributed by atoms with van der Waals surface area (Å²) in [7, 11) is 1.79. The van der Waals surface area contributed by atoms with E-state index in [1.165, 1.54) is 24.0 Å². The number of halogens is 1. The van der Waals surface area contributed by atoms with Crippen LogP contribution in [-0.2, 0) is 11.3 Å². The average Bonchev–Trinajstić information content (AvgIpc) is 3.31. The maximum Gasteiger partial charge on any atom is 0.225 e. The fourth-order valence-corrected chi connectivity index (χ4v) is 4.41. The number of nitrogens with zero attached hydrogens (tertiary/aromatic N) is 2. The Hall–Kier alpha value is -1.56. The van der Waals surface area contributed by atoms with E-state index in [0.29, 0.717) is 5.91 Å². The van der Waals surface area contributed by atoms with Crippen LogP contribution in [0, 0.1) is 12.8 Å². The van der Waals surface area contributed by atoms with E-state index in [1.54, 1.807) is 7.05 Å². The minimum atomic E-state index is 0.270. The Bertz CT molecular complexity index is 670. The van der Waals surface area contributed by atoms with Crippen molar-refractivity contribution in [1.82, 2.24) is 15.5 Å². The molecule has 0 spiro atoms. The number of guanidine groups is 1. The molecule has 1 amide bonds. The zero-order valence-electron chi connectivity index (χ0n) is 15.7. The minimum Gasteiger partial charge on any atom is -0.352 e. The highest BCUT2D eigenvalue weighted by Gasteiger charge is 2.32. The SMILES string of the molecule is CN=C(NCc1ccc(Br)cc1C)NC1CCN(C(=O)C2CCCC2)C1. The van der Waals surface area contributed by atoms with Crippen molar-refractivity contribution in [3.8, 4) is 0 Å². The Morgan fingerprint density at radius 2 is 2.08 bits per heavy atom. The summed E-state index contributed by atoms with van der Waals surface area (Å²) in [6.07, 6.45) is 5.54. The lowest BCUT2D eigenvalue weighted by atomic mass is 10.1. The summed E-state index contributed by atoms with van der Waals surface area (Å²) < 4.78 is 1.10. The monoisotopic (exact) mass is 420 g/mol. The first-order chi connectivity index (χ1) is 12.6. The number of benzene rings is 1. The molecule has 0 bridgehead atoms. The highest BCUT2D eigenvalue weighted by Crippen LogP contribution is 2.27. The second-order valence-corrected chi connectivity index (χ2v) is 8.31. The predicted molar refractivity (Wildman–Crippen MR) is 109 cm³/mol. The molecule has 6 heteroatoms. The Labute approximate surface area is 164 Å². The van der Waals surface area contributed by atoms with Crippen LogP contribution in [0.2, 0.25) is 0 Å². The molecule has 1 unspecified atom stereocenters. The van der Waals surface area contributed by atoms with Crippen LogP contribution in [0.15, 0.2) is 27.7 Å². The number of likely N-dealkylation sites (tertiary alicyclic amines) is 1. The first kappa shape index (κ1) is 19.2. The first-order valence-electron chi connectivity index (χ1n) is 9.58. The molecule has 26 heavy (non-hydrogen) atoms. The van der Waals surface area contributed by atoms with Crippen molar-refractivity contribution in [3.63, 3.8) is 0 Å². The molecule has 1 aliphatic heterocycles. The Morgan fingerprint density at radius 1 is 1.31 bits per heavy atom. The van der Waals surface area contributed by atoms with Crippen LogP contribution in [0.1, 0.15) is 43.2 Å². The Balaban J connectivity index is 1.48. The molecule has 1 aromatic rings. The predicted octanol–water partition coefficient (Wildman–Crippen LogP) is 3.21. The lowest BCUT2D eigenvalue weighted by Crippen LogP contribution is -2.45. The molecule has 0 radical (unpaired) electrons. The van der Waals surface area contributed by atoms with Crippen molar-refractivity contribution < 1.29 is 4.79 Å². The van der Waals surface area contributed by atoms with Gasteiger partial charge in [-0.2, -0.15) is 0 Å². The molecule has 1 saturated carbocycles. The third-order valence-corrected chi connectivity index (χ3v) is 6.01. The summed E-state index contributed by atoms with van der Waals surface area (Å²) in [5, 5.41) is 6.87. The number of amides is 1. The molecule has 2 aliphatic rings. The minimum absolute atomic E-state index is 0.270. The molecule has 3 rings (SSSR count). The van der Waals surface area contributed by atoms with E-state index < -0.39 is 0 Å². The quantitative estimate of drug-likeness (QED) is 0.580. The average molecular weight is 421 g/mol. The molecule has 1 aromatic carbocycles. The summed E-state index contributed by atoms with van der Waals surface area (Å²) in [5.74, 6) is 1.43. The number of hydrogen-bond donors (Lipinski definition) is 2. The number of carbonyl (C=O) groups is 1. The van der Waals surface area contributed by atoms with Gasteiger partial charge in [0.15, 0.2) is 5.96 Å². The van der Waals surface area contributed by atoms with Gasteiger partial charge >= 0.3 is 0 Å². The molecule has 1 saturated heterocycles. The summed E-state index contributed by atoms with van der Waals surface area (Å²) in [5.41, 5.74) is 2.50. The van der Waals surface area contributed by atoms with Gasteiger partial charge in [0.1, 0.15) is 0 Å². The number of nitrogens with one attached hydrogen (secondary N) is 2. The van der Waals surface area contributed by atoms with Gasteiger partial charge in [-0.05, 0) is 49.4 Å². The number of aliphatic imine (C=N–C) groups is 1.